The number of rotatable bonds is 5. The fourth-order valence-corrected chi connectivity index (χ4v) is 2.57. The molecule has 128 valence electrons. The average molecular weight is 355 g/mol. The van der Waals surface area contributed by atoms with Gasteiger partial charge in [0.1, 0.15) is 11.6 Å². The minimum absolute atomic E-state index is 0.0572. The van der Waals surface area contributed by atoms with Crippen LogP contribution in [0.1, 0.15) is 18.1 Å². The zero-order valence-electron chi connectivity index (χ0n) is 14.1. The van der Waals surface area contributed by atoms with Gasteiger partial charge in [-0.25, -0.2) is 0 Å². The molecule has 0 saturated carbocycles. The Morgan fingerprint density at radius 1 is 1.36 bits per heavy atom. The molecule has 0 heterocycles. The summed E-state index contributed by atoms with van der Waals surface area (Å²) >= 11 is 6.07. The van der Waals surface area contributed by atoms with Crippen LogP contribution in [0.2, 0.25) is 5.02 Å². The van der Waals surface area contributed by atoms with Gasteiger partial charge in [-0.1, -0.05) is 36.7 Å². The van der Waals surface area contributed by atoms with Gasteiger partial charge < -0.3 is 16.4 Å². The molecule has 2 aromatic rings. The van der Waals surface area contributed by atoms with Crippen molar-refractivity contribution in [2.45, 2.75) is 20.3 Å². The second-order valence-electron chi connectivity index (χ2n) is 5.47. The Labute approximate surface area is 152 Å². The van der Waals surface area contributed by atoms with Gasteiger partial charge in [0, 0.05) is 17.6 Å². The summed E-state index contributed by atoms with van der Waals surface area (Å²) in [7, 11) is 0. The highest BCUT2D eigenvalue weighted by Crippen LogP contribution is 2.25. The maximum atomic E-state index is 12.4. The van der Waals surface area contributed by atoms with E-state index in [1.165, 1.54) is 6.20 Å². The second-order valence-corrected chi connectivity index (χ2v) is 5.88. The molecule has 2 rings (SSSR count). The molecule has 0 radical (unpaired) electrons. The van der Waals surface area contributed by atoms with E-state index < -0.39 is 5.91 Å². The number of anilines is 3. The zero-order valence-corrected chi connectivity index (χ0v) is 14.8. The largest absolute Gasteiger partial charge is 0.399 e. The Hall–Kier alpha value is -2.97. The molecule has 0 saturated heterocycles. The van der Waals surface area contributed by atoms with E-state index in [1.54, 1.807) is 18.2 Å². The summed E-state index contributed by atoms with van der Waals surface area (Å²) in [6, 6.07) is 12.6. The van der Waals surface area contributed by atoms with E-state index >= 15 is 0 Å². The summed E-state index contributed by atoms with van der Waals surface area (Å²) in [6.45, 7) is 3.92. The van der Waals surface area contributed by atoms with Crippen molar-refractivity contribution in [3.05, 3.63) is 64.3 Å². The maximum Gasteiger partial charge on any atom is 0.267 e. The number of nitrogens with one attached hydrogen (secondary N) is 2. The Kier molecular flexibility index (Phi) is 6.04. The normalized spacial score (nSPS) is 10.9. The van der Waals surface area contributed by atoms with Gasteiger partial charge in [-0.15, -0.1) is 0 Å². The van der Waals surface area contributed by atoms with E-state index in [0.717, 1.165) is 23.2 Å². The fourth-order valence-electron chi connectivity index (χ4n) is 2.33. The van der Waals surface area contributed by atoms with Crippen LogP contribution in [0, 0.1) is 18.3 Å². The number of halogens is 1. The van der Waals surface area contributed by atoms with Crippen molar-refractivity contribution in [1.82, 2.24) is 0 Å². The third kappa shape index (κ3) is 4.52. The highest BCUT2D eigenvalue weighted by atomic mass is 35.5. The lowest BCUT2D eigenvalue weighted by molar-refractivity contribution is -0.112. The number of hydrogen-bond acceptors (Lipinski definition) is 4. The number of hydrogen-bond donors (Lipinski definition) is 3. The minimum atomic E-state index is -0.481. The van der Waals surface area contributed by atoms with Gasteiger partial charge >= 0.3 is 0 Å². The maximum absolute atomic E-state index is 12.4. The van der Waals surface area contributed by atoms with Crippen molar-refractivity contribution in [3.63, 3.8) is 0 Å². The first-order chi connectivity index (χ1) is 12.0. The number of nitriles is 1. The summed E-state index contributed by atoms with van der Waals surface area (Å²) in [4.78, 5) is 12.4. The average Bonchev–Trinajstić information content (AvgIpc) is 2.58. The van der Waals surface area contributed by atoms with Crippen LogP contribution in [0.4, 0.5) is 17.1 Å². The third-order valence-electron chi connectivity index (χ3n) is 3.71. The van der Waals surface area contributed by atoms with Crippen LogP contribution in [0.25, 0.3) is 0 Å². The molecule has 5 nitrogen and oxygen atoms in total. The summed E-state index contributed by atoms with van der Waals surface area (Å²) in [5.41, 5.74) is 9.37. The van der Waals surface area contributed by atoms with Crippen molar-refractivity contribution in [2.75, 3.05) is 16.4 Å². The Morgan fingerprint density at radius 3 is 2.76 bits per heavy atom. The molecule has 0 aliphatic carbocycles. The van der Waals surface area contributed by atoms with E-state index in [2.05, 4.69) is 10.6 Å². The molecule has 2 aromatic carbocycles. The first kappa shape index (κ1) is 18.4. The Morgan fingerprint density at radius 2 is 2.12 bits per heavy atom. The molecule has 4 N–H and O–H groups in total. The zero-order chi connectivity index (χ0) is 18.4. The molecule has 0 bridgehead atoms. The highest BCUT2D eigenvalue weighted by molar-refractivity contribution is 6.33. The van der Waals surface area contributed by atoms with E-state index in [9.17, 15) is 10.1 Å². The fraction of sp³-hybridized carbons (Fsp3) is 0.158. The van der Waals surface area contributed by atoms with Crippen molar-refractivity contribution in [3.8, 4) is 6.07 Å². The Balaban J connectivity index is 2.20. The molecule has 6 heteroatoms. The molecular weight excluding hydrogens is 336 g/mol. The second kappa shape index (κ2) is 8.22. The first-order valence-electron chi connectivity index (χ1n) is 7.78. The molecule has 0 unspecified atom stereocenters. The molecule has 0 fully saturated rings. The lowest BCUT2D eigenvalue weighted by atomic mass is 10.1. The third-order valence-corrected chi connectivity index (χ3v) is 4.02. The highest BCUT2D eigenvalue weighted by Gasteiger charge is 2.13. The predicted molar refractivity (Wildman–Crippen MR) is 102 cm³/mol. The molecule has 25 heavy (non-hydrogen) atoms. The number of aryl methyl sites for hydroxylation is 2. The van der Waals surface area contributed by atoms with Gasteiger partial charge in [-0.05, 0) is 42.7 Å². The summed E-state index contributed by atoms with van der Waals surface area (Å²) in [5, 5.41) is 15.4. The topological polar surface area (TPSA) is 90.9 Å². The molecule has 0 aliphatic rings. The number of para-hydroxylation sites is 1. The number of carbonyl (C=O) groups is 1. The molecule has 1 amide bonds. The van der Waals surface area contributed by atoms with Crippen molar-refractivity contribution >= 4 is 34.6 Å². The minimum Gasteiger partial charge on any atom is -0.399 e. The van der Waals surface area contributed by atoms with Crippen LogP contribution in [-0.4, -0.2) is 5.91 Å². The van der Waals surface area contributed by atoms with Crippen LogP contribution >= 0.6 is 11.6 Å². The van der Waals surface area contributed by atoms with Crippen molar-refractivity contribution in [1.29, 1.82) is 5.26 Å². The first-order valence-corrected chi connectivity index (χ1v) is 8.15. The van der Waals surface area contributed by atoms with Crippen LogP contribution in [-0.2, 0) is 11.2 Å². The van der Waals surface area contributed by atoms with E-state index in [4.69, 9.17) is 17.3 Å². The number of nitrogens with two attached hydrogens (primary N) is 1. The molecule has 0 atom stereocenters. The standard InChI is InChI=1S/C19H19ClN4O/c1-3-13-6-4-5-12(2)18(13)24-19(25)14(10-21)11-23-17-8-7-15(22)9-16(17)20/h4-9,11,23H,3,22H2,1-2H3,(H,24,25)/b14-11-. The lowest BCUT2D eigenvalue weighted by Crippen LogP contribution is -2.16. The summed E-state index contributed by atoms with van der Waals surface area (Å²) in [5.74, 6) is -0.481. The van der Waals surface area contributed by atoms with Gasteiger partial charge in [0.15, 0.2) is 0 Å². The smallest absolute Gasteiger partial charge is 0.267 e. The number of amides is 1. The van der Waals surface area contributed by atoms with Gasteiger partial charge in [0.25, 0.3) is 5.91 Å². The monoisotopic (exact) mass is 354 g/mol. The molecular formula is C19H19ClN4O. The van der Waals surface area contributed by atoms with Crippen LogP contribution in [0.15, 0.2) is 48.2 Å². The summed E-state index contributed by atoms with van der Waals surface area (Å²) < 4.78 is 0. The quantitative estimate of drug-likeness (QED) is 0.425. The van der Waals surface area contributed by atoms with Gasteiger partial charge in [0.05, 0.1) is 10.7 Å². The molecule has 0 spiro atoms. The molecule has 0 aliphatic heterocycles. The number of nitrogens with zero attached hydrogens (tertiary/aromatic N) is 1. The van der Waals surface area contributed by atoms with E-state index in [-0.39, 0.29) is 5.57 Å². The van der Waals surface area contributed by atoms with Crippen molar-refractivity contribution < 1.29 is 4.79 Å². The SMILES string of the molecule is CCc1cccc(C)c1NC(=O)/C(C#N)=C\Nc1ccc(N)cc1Cl. The number of nitrogen functional groups attached to an aromatic ring is 1. The summed E-state index contributed by atoms with van der Waals surface area (Å²) in [6.07, 6.45) is 2.11. The van der Waals surface area contributed by atoms with E-state index in [0.29, 0.717) is 16.4 Å². The van der Waals surface area contributed by atoms with Crippen LogP contribution in [0.3, 0.4) is 0 Å². The van der Waals surface area contributed by atoms with Crippen molar-refractivity contribution in [2.24, 2.45) is 0 Å². The van der Waals surface area contributed by atoms with Gasteiger partial charge in [-0.3, -0.25) is 4.79 Å². The van der Waals surface area contributed by atoms with Gasteiger partial charge in [-0.2, -0.15) is 5.26 Å². The van der Waals surface area contributed by atoms with Crippen LogP contribution < -0.4 is 16.4 Å². The number of benzene rings is 2. The molecule has 0 aromatic heterocycles. The lowest BCUT2D eigenvalue weighted by Gasteiger charge is -2.12. The predicted octanol–water partition coefficient (Wildman–Crippen LogP) is 4.25. The Bertz CT molecular complexity index is 868. The van der Waals surface area contributed by atoms with Crippen LogP contribution in [0.5, 0.6) is 0 Å². The number of carbonyl (C=O) groups excluding carboxylic acids is 1. The van der Waals surface area contributed by atoms with E-state index in [1.807, 2.05) is 38.1 Å². The van der Waals surface area contributed by atoms with Gasteiger partial charge in [0.2, 0.25) is 0 Å².